The SMILES string of the molecule is O=C(N/N=C/c1cccnc1)c1csc(-n2nc(C(F)(F)F)cc2-c2ccccc2)n1. The molecule has 0 spiro atoms. The van der Waals surface area contributed by atoms with E-state index in [4.69, 9.17) is 0 Å². The molecule has 3 heterocycles. The van der Waals surface area contributed by atoms with E-state index in [9.17, 15) is 18.0 Å². The van der Waals surface area contributed by atoms with Gasteiger partial charge in [-0.2, -0.15) is 23.4 Å². The van der Waals surface area contributed by atoms with Crippen LogP contribution < -0.4 is 5.43 Å². The van der Waals surface area contributed by atoms with E-state index in [0.29, 0.717) is 11.1 Å². The Morgan fingerprint density at radius 2 is 1.97 bits per heavy atom. The van der Waals surface area contributed by atoms with Gasteiger partial charge in [0.25, 0.3) is 5.91 Å². The van der Waals surface area contributed by atoms with E-state index in [2.05, 4.69) is 25.6 Å². The summed E-state index contributed by atoms with van der Waals surface area (Å²) in [6, 6.07) is 12.9. The van der Waals surface area contributed by atoms with Crippen LogP contribution in [0.15, 0.2) is 71.4 Å². The quantitative estimate of drug-likeness (QED) is 0.371. The van der Waals surface area contributed by atoms with Crippen molar-refractivity contribution in [2.75, 3.05) is 0 Å². The Labute approximate surface area is 177 Å². The third-order valence-electron chi connectivity index (χ3n) is 4.04. The average Bonchev–Trinajstić information content (AvgIpc) is 3.42. The first kappa shape index (κ1) is 20.4. The van der Waals surface area contributed by atoms with Crippen LogP contribution in [0.4, 0.5) is 13.2 Å². The summed E-state index contributed by atoms with van der Waals surface area (Å²) in [5, 5.41) is 9.05. The molecule has 0 atom stereocenters. The Kier molecular flexibility index (Phi) is 5.58. The number of thiazole rings is 1. The number of pyridine rings is 1. The molecule has 7 nitrogen and oxygen atoms in total. The molecule has 3 aromatic heterocycles. The summed E-state index contributed by atoms with van der Waals surface area (Å²) >= 11 is 0.993. The number of benzene rings is 1. The summed E-state index contributed by atoms with van der Waals surface area (Å²) in [7, 11) is 0. The van der Waals surface area contributed by atoms with E-state index < -0.39 is 17.8 Å². The van der Waals surface area contributed by atoms with Crippen LogP contribution in [-0.4, -0.2) is 31.9 Å². The standard InChI is InChI=1S/C20H13F3N6OS/c21-20(22,23)17-9-16(14-6-2-1-3-7-14)29(28-17)19-26-15(12-31-19)18(30)27-25-11-13-5-4-8-24-10-13/h1-12H,(H,27,30)/b25-11+. The van der Waals surface area contributed by atoms with E-state index >= 15 is 0 Å². The molecule has 0 unspecified atom stereocenters. The summed E-state index contributed by atoms with van der Waals surface area (Å²) in [6.07, 6.45) is -0.0321. The number of nitrogens with zero attached hydrogens (tertiary/aromatic N) is 5. The van der Waals surface area contributed by atoms with Gasteiger partial charge in [0.2, 0.25) is 5.13 Å². The molecule has 0 fully saturated rings. The fourth-order valence-electron chi connectivity index (χ4n) is 2.62. The predicted octanol–water partition coefficient (Wildman–Crippen LogP) is 4.17. The number of alkyl halides is 3. The number of hydrogen-bond acceptors (Lipinski definition) is 6. The number of nitrogens with one attached hydrogen (secondary N) is 1. The van der Waals surface area contributed by atoms with Crippen LogP contribution in [0.5, 0.6) is 0 Å². The van der Waals surface area contributed by atoms with Crippen molar-refractivity contribution in [3.8, 4) is 16.4 Å². The molecule has 156 valence electrons. The van der Waals surface area contributed by atoms with Crippen molar-refractivity contribution in [2.24, 2.45) is 5.10 Å². The molecule has 31 heavy (non-hydrogen) atoms. The summed E-state index contributed by atoms with van der Waals surface area (Å²) in [5.74, 6) is -0.605. The zero-order valence-corrected chi connectivity index (χ0v) is 16.4. The molecule has 0 saturated carbocycles. The smallest absolute Gasteiger partial charge is 0.266 e. The molecule has 1 aromatic carbocycles. The number of carbonyl (C=O) groups excluding carboxylic acids is 1. The molecule has 0 aliphatic carbocycles. The van der Waals surface area contributed by atoms with Crippen molar-refractivity contribution in [3.05, 3.63) is 83.3 Å². The first-order valence-corrected chi connectivity index (χ1v) is 9.72. The van der Waals surface area contributed by atoms with Crippen LogP contribution in [0, 0.1) is 0 Å². The predicted molar refractivity (Wildman–Crippen MR) is 109 cm³/mol. The number of hydrogen-bond donors (Lipinski definition) is 1. The van der Waals surface area contributed by atoms with Crippen molar-refractivity contribution < 1.29 is 18.0 Å². The molecule has 0 saturated heterocycles. The van der Waals surface area contributed by atoms with Gasteiger partial charge >= 0.3 is 6.18 Å². The fraction of sp³-hybridized carbons (Fsp3) is 0.0500. The van der Waals surface area contributed by atoms with Crippen molar-refractivity contribution in [1.82, 2.24) is 25.2 Å². The van der Waals surface area contributed by atoms with Gasteiger partial charge in [-0.15, -0.1) is 11.3 Å². The summed E-state index contributed by atoms with van der Waals surface area (Å²) < 4.78 is 40.8. The number of hydrazone groups is 1. The zero-order chi connectivity index (χ0) is 21.8. The lowest BCUT2D eigenvalue weighted by Crippen LogP contribution is -2.18. The monoisotopic (exact) mass is 442 g/mol. The van der Waals surface area contributed by atoms with Gasteiger partial charge in [-0.05, 0) is 12.1 Å². The highest BCUT2D eigenvalue weighted by Gasteiger charge is 2.35. The van der Waals surface area contributed by atoms with Crippen LogP contribution in [0.1, 0.15) is 21.7 Å². The Morgan fingerprint density at radius 3 is 2.68 bits per heavy atom. The minimum absolute atomic E-state index is 0.00593. The maximum Gasteiger partial charge on any atom is 0.435 e. The largest absolute Gasteiger partial charge is 0.435 e. The normalized spacial score (nSPS) is 11.7. The Morgan fingerprint density at radius 1 is 1.16 bits per heavy atom. The lowest BCUT2D eigenvalue weighted by molar-refractivity contribution is -0.141. The fourth-order valence-corrected chi connectivity index (χ4v) is 3.39. The van der Waals surface area contributed by atoms with Gasteiger partial charge in [0.05, 0.1) is 11.9 Å². The van der Waals surface area contributed by atoms with Gasteiger partial charge in [0.1, 0.15) is 5.69 Å². The zero-order valence-electron chi connectivity index (χ0n) is 15.6. The van der Waals surface area contributed by atoms with Gasteiger partial charge < -0.3 is 0 Å². The average molecular weight is 442 g/mol. The number of halogens is 3. The number of amides is 1. The minimum Gasteiger partial charge on any atom is -0.266 e. The third kappa shape index (κ3) is 4.67. The first-order valence-electron chi connectivity index (χ1n) is 8.84. The molecule has 4 aromatic rings. The molecule has 0 aliphatic rings. The number of rotatable bonds is 5. The molecular formula is C20H13F3N6OS. The van der Waals surface area contributed by atoms with Gasteiger partial charge in [0, 0.05) is 28.9 Å². The van der Waals surface area contributed by atoms with Crippen LogP contribution in [0.2, 0.25) is 0 Å². The van der Waals surface area contributed by atoms with E-state index in [-0.39, 0.29) is 16.5 Å². The lowest BCUT2D eigenvalue weighted by atomic mass is 10.1. The summed E-state index contributed by atoms with van der Waals surface area (Å²) in [4.78, 5) is 20.4. The van der Waals surface area contributed by atoms with E-state index in [1.807, 2.05) is 0 Å². The number of aromatic nitrogens is 4. The molecular weight excluding hydrogens is 429 g/mol. The molecule has 11 heteroatoms. The second-order valence-electron chi connectivity index (χ2n) is 6.19. The highest BCUT2D eigenvalue weighted by molar-refractivity contribution is 7.12. The van der Waals surface area contributed by atoms with Crippen LogP contribution in [0.25, 0.3) is 16.4 Å². The van der Waals surface area contributed by atoms with Gasteiger partial charge in [-0.1, -0.05) is 36.4 Å². The summed E-state index contributed by atoms with van der Waals surface area (Å²) in [5.41, 5.74) is 2.72. The van der Waals surface area contributed by atoms with Crippen molar-refractivity contribution in [2.45, 2.75) is 6.18 Å². The van der Waals surface area contributed by atoms with Crippen molar-refractivity contribution >= 4 is 23.5 Å². The number of carbonyl (C=O) groups is 1. The van der Waals surface area contributed by atoms with Gasteiger partial charge in [-0.25, -0.2) is 15.1 Å². The van der Waals surface area contributed by atoms with Crippen LogP contribution in [-0.2, 0) is 6.18 Å². The minimum atomic E-state index is -4.62. The lowest BCUT2D eigenvalue weighted by Gasteiger charge is -2.03. The Balaban J connectivity index is 1.60. The molecule has 1 N–H and O–H groups in total. The molecule has 0 radical (unpaired) electrons. The maximum absolute atomic E-state index is 13.2. The van der Waals surface area contributed by atoms with Crippen molar-refractivity contribution in [1.29, 1.82) is 0 Å². The molecule has 4 rings (SSSR count). The first-order chi connectivity index (χ1) is 14.9. The van der Waals surface area contributed by atoms with E-state index in [1.54, 1.807) is 54.9 Å². The van der Waals surface area contributed by atoms with Crippen molar-refractivity contribution in [3.63, 3.8) is 0 Å². The van der Waals surface area contributed by atoms with Crippen LogP contribution in [0.3, 0.4) is 0 Å². The van der Waals surface area contributed by atoms with E-state index in [1.165, 1.54) is 11.6 Å². The topological polar surface area (TPSA) is 85.1 Å². The molecule has 0 aliphatic heterocycles. The third-order valence-corrected chi connectivity index (χ3v) is 4.86. The second kappa shape index (κ2) is 8.48. The highest BCUT2D eigenvalue weighted by Crippen LogP contribution is 2.33. The highest BCUT2D eigenvalue weighted by atomic mass is 32.1. The van der Waals surface area contributed by atoms with Gasteiger partial charge in [0.15, 0.2) is 5.69 Å². The Hall–Kier alpha value is -3.86. The molecule has 1 amide bonds. The van der Waals surface area contributed by atoms with E-state index in [0.717, 1.165) is 22.1 Å². The van der Waals surface area contributed by atoms with Gasteiger partial charge in [-0.3, -0.25) is 9.78 Å². The second-order valence-corrected chi connectivity index (χ2v) is 7.03. The van der Waals surface area contributed by atoms with Crippen LogP contribution >= 0.6 is 11.3 Å². The Bertz CT molecular complexity index is 1220. The molecule has 0 bridgehead atoms. The maximum atomic E-state index is 13.2. The summed E-state index contributed by atoms with van der Waals surface area (Å²) in [6.45, 7) is 0.